The van der Waals surface area contributed by atoms with Crippen LogP contribution in [0.2, 0.25) is 0 Å². The number of hydrogen-bond acceptors (Lipinski definition) is 1. The number of alkyl halides is 3. The van der Waals surface area contributed by atoms with Gasteiger partial charge >= 0.3 is 6.18 Å². The number of aromatic nitrogens is 1. The Morgan fingerprint density at radius 3 is 2.44 bits per heavy atom. The molecule has 0 spiro atoms. The molecule has 0 fully saturated rings. The summed E-state index contributed by atoms with van der Waals surface area (Å²) < 4.78 is 38.7. The van der Waals surface area contributed by atoms with Crippen molar-refractivity contribution in [3.05, 3.63) is 57.9 Å². The Morgan fingerprint density at radius 1 is 0.920 bits per heavy atom. The Kier molecular flexibility index (Phi) is 4.84. The number of nitrogens with one attached hydrogen (secondary N) is 1. The standard InChI is InChI=1S/C20H20F3NO/c1-2-3-4-5-6-13-7-10-18-16(11-13)15-9-8-14(20(21,22)23)12-17(15)19(25)24-18/h7-12H,2-6H2,1H3,(H,24,25). The maximum absolute atomic E-state index is 12.9. The van der Waals surface area contributed by atoms with E-state index in [-0.39, 0.29) is 5.39 Å². The summed E-state index contributed by atoms with van der Waals surface area (Å²) in [6, 6.07) is 9.16. The summed E-state index contributed by atoms with van der Waals surface area (Å²) in [4.78, 5) is 14.9. The molecule has 1 heterocycles. The fourth-order valence-electron chi connectivity index (χ4n) is 3.17. The van der Waals surface area contributed by atoms with Crippen LogP contribution in [-0.4, -0.2) is 4.98 Å². The van der Waals surface area contributed by atoms with Gasteiger partial charge in [-0.1, -0.05) is 38.3 Å². The predicted octanol–water partition coefficient (Wildman–Crippen LogP) is 5.82. The van der Waals surface area contributed by atoms with E-state index in [1.54, 1.807) is 0 Å². The van der Waals surface area contributed by atoms with E-state index in [0.29, 0.717) is 10.9 Å². The number of aromatic amines is 1. The van der Waals surface area contributed by atoms with E-state index in [1.165, 1.54) is 18.9 Å². The fraction of sp³-hybridized carbons (Fsp3) is 0.350. The van der Waals surface area contributed by atoms with Gasteiger partial charge in [0.2, 0.25) is 0 Å². The van der Waals surface area contributed by atoms with Crippen LogP contribution in [-0.2, 0) is 12.6 Å². The third-order valence-electron chi connectivity index (χ3n) is 4.53. The van der Waals surface area contributed by atoms with Gasteiger partial charge in [-0.25, -0.2) is 0 Å². The molecule has 0 atom stereocenters. The van der Waals surface area contributed by atoms with Gasteiger partial charge in [0.1, 0.15) is 0 Å². The molecule has 3 rings (SSSR count). The van der Waals surface area contributed by atoms with Gasteiger partial charge in [0.25, 0.3) is 5.56 Å². The second-order valence-corrected chi connectivity index (χ2v) is 6.40. The highest BCUT2D eigenvalue weighted by Crippen LogP contribution is 2.32. The Balaban J connectivity index is 2.07. The molecule has 1 N–H and O–H groups in total. The molecule has 0 aliphatic heterocycles. The van der Waals surface area contributed by atoms with Crippen molar-refractivity contribution in [3.8, 4) is 0 Å². The molecule has 0 saturated heterocycles. The summed E-state index contributed by atoms with van der Waals surface area (Å²) >= 11 is 0. The maximum Gasteiger partial charge on any atom is 0.416 e. The minimum Gasteiger partial charge on any atom is -0.321 e. The third-order valence-corrected chi connectivity index (χ3v) is 4.53. The van der Waals surface area contributed by atoms with Crippen molar-refractivity contribution >= 4 is 21.7 Å². The van der Waals surface area contributed by atoms with Crippen LogP contribution in [0.5, 0.6) is 0 Å². The van der Waals surface area contributed by atoms with Crippen LogP contribution in [0, 0.1) is 0 Å². The van der Waals surface area contributed by atoms with E-state index in [2.05, 4.69) is 11.9 Å². The summed E-state index contributed by atoms with van der Waals surface area (Å²) in [6.07, 6.45) is 1.08. The molecule has 132 valence electrons. The number of aryl methyl sites for hydroxylation is 1. The predicted molar refractivity (Wildman–Crippen MR) is 94.9 cm³/mol. The van der Waals surface area contributed by atoms with Crippen molar-refractivity contribution in [3.63, 3.8) is 0 Å². The number of benzene rings is 2. The van der Waals surface area contributed by atoms with Gasteiger partial charge in [-0.05, 0) is 48.1 Å². The highest BCUT2D eigenvalue weighted by Gasteiger charge is 2.30. The van der Waals surface area contributed by atoms with Gasteiger partial charge < -0.3 is 4.98 Å². The molecule has 25 heavy (non-hydrogen) atoms. The van der Waals surface area contributed by atoms with Gasteiger partial charge in [0.05, 0.1) is 5.56 Å². The lowest BCUT2D eigenvalue weighted by Gasteiger charge is -2.10. The van der Waals surface area contributed by atoms with E-state index in [4.69, 9.17) is 0 Å². The maximum atomic E-state index is 12.9. The summed E-state index contributed by atoms with van der Waals surface area (Å²) in [5, 5.41) is 1.42. The van der Waals surface area contributed by atoms with Gasteiger partial charge in [-0.2, -0.15) is 13.2 Å². The van der Waals surface area contributed by atoms with Crippen LogP contribution in [0.25, 0.3) is 21.7 Å². The first-order chi connectivity index (χ1) is 11.9. The van der Waals surface area contributed by atoms with Crippen LogP contribution in [0.3, 0.4) is 0 Å². The summed E-state index contributed by atoms with van der Waals surface area (Å²) in [5.74, 6) is 0. The van der Waals surface area contributed by atoms with E-state index in [1.807, 2.05) is 18.2 Å². The largest absolute Gasteiger partial charge is 0.416 e. The zero-order chi connectivity index (χ0) is 18.0. The number of rotatable bonds is 5. The molecule has 1 aromatic heterocycles. The lowest BCUT2D eigenvalue weighted by molar-refractivity contribution is -0.137. The van der Waals surface area contributed by atoms with Crippen molar-refractivity contribution in [2.45, 2.75) is 45.2 Å². The van der Waals surface area contributed by atoms with E-state index in [0.717, 1.165) is 42.3 Å². The van der Waals surface area contributed by atoms with Crippen LogP contribution in [0.1, 0.15) is 43.7 Å². The zero-order valence-corrected chi connectivity index (χ0v) is 14.0. The number of fused-ring (bicyclic) bond motifs is 3. The summed E-state index contributed by atoms with van der Waals surface area (Å²) in [7, 11) is 0. The molecule has 0 unspecified atom stereocenters. The molecule has 5 heteroatoms. The summed E-state index contributed by atoms with van der Waals surface area (Å²) in [5.41, 5.74) is 0.483. The first-order valence-corrected chi connectivity index (χ1v) is 8.56. The SMILES string of the molecule is CCCCCCc1ccc2[nH]c(=O)c3cc(C(F)(F)F)ccc3c2c1. The van der Waals surface area contributed by atoms with Crippen molar-refractivity contribution in [1.82, 2.24) is 4.98 Å². The number of pyridine rings is 1. The first kappa shape index (κ1) is 17.5. The molecule has 0 bridgehead atoms. The third kappa shape index (κ3) is 3.70. The highest BCUT2D eigenvalue weighted by molar-refractivity contribution is 6.05. The Bertz CT molecular complexity index is 957. The second-order valence-electron chi connectivity index (χ2n) is 6.40. The zero-order valence-electron chi connectivity index (χ0n) is 14.0. The lowest BCUT2D eigenvalue weighted by Crippen LogP contribution is -2.10. The van der Waals surface area contributed by atoms with Gasteiger partial charge in [0, 0.05) is 16.3 Å². The molecule has 3 aromatic rings. The highest BCUT2D eigenvalue weighted by atomic mass is 19.4. The lowest BCUT2D eigenvalue weighted by atomic mass is 10.00. The van der Waals surface area contributed by atoms with E-state index in [9.17, 15) is 18.0 Å². The van der Waals surface area contributed by atoms with Crippen molar-refractivity contribution in [1.29, 1.82) is 0 Å². The van der Waals surface area contributed by atoms with Crippen LogP contribution >= 0.6 is 0 Å². The van der Waals surface area contributed by atoms with Crippen molar-refractivity contribution in [2.24, 2.45) is 0 Å². The quantitative estimate of drug-likeness (QED) is 0.457. The minimum atomic E-state index is -4.46. The van der Waals surface area contributed by atoms with Crippen molar-refractivity contribution in [2.75, 3.05) is 0 Å². The summed E-state index contributed by atoms with van der Waals surface area (Å²) in [6.45, 7) is 2.16. The normalized spacial score (nSPS) is 12.2. The average molecular weight is 347 g/mol. The molecule has 0 amide bonds. The topological polar surface area (TPSA) is 32.9 Å². The van der Waals surface area contributed by atoms with E-state index >= 15 is 0 Å². The smallest absolute Gasteiger partial charge is 0.321 e. The average Bonchev–Trinajstić information content (AvgIpc) is 2.58. The number of H-pyrrole nitrogens is 1. The molecule has 0 aliphatic carbocycles. The molecular weight excluding hydrogens is 327 g/mol. The van der Waals surface area contributed by atoms with Crippen LogP contribution in [0.4, 0.5) is 13.2 Å². The number of hydrogen-bond donors (Lipinski definition) is 1. The molecular formula is C20H20F3NO. The van der Waals surface area contributed by atoms with Crippen molar-refractivity contribution < 1.29 is 13.2 Å². The molecule has 2 nitrogen and oxygen atoms in total. The first-order valence-electron chi connectivity index (χ1n) is 8.56. The molecule has 2 aromatic carbocycles. The van der Waals surface area contributed by atoms with Crippen LogP contribution in [0.15, 0.2) is 41.2 Å². The van der Waals surface area contributed by atoms with Gasteiger partial charge in [0.15, 0.2) is 0 Å². The Labute approximate surface area is 143 Å². The molecule has 0 saturated carbocycles. The Morgan fingerprint density at radius 2 is 1.72 bits per heavy atom. The van der Waals surface area contributed by atoms with E-state index < -0.39 is 17.3 Å². The van der Waals surface area contributed by atoms with Crippen LogP contribution < -0.4 is 5.56 Å². The monoisotopic (exact) mass is 347 g/mol. The number of unbranched alkanes of at least 4 members (excludes halogenated alkanes) is 3. The molecule has 0 radical (unpaired) electrons. The Hall–Kier alpha value is -2.30. The fourth-order valence-corrected chi connectivity index (χ4v) is 3.17. The number of halogens is 3. The van der Waals surface area contributed by atoms with Gasteiger partial charge in [-0.3, -0.25) is 4.79 Å². The second kappa shape index (κ2) is 6.90. The minimum absolute atomic E-state index is 0.0745. The molecule has 0 aliphatic rings. The van der Waals surface area contributed by atoms with Gasteiger partial charge in [-0.15, -0.1) is 0 Å².